The second-order valence-electron chi connectivity index (χ2n) is 5.23. The van der Waals surface area contributed by atoms with Gasteiger partial charge in [0.05, 0.1) is 17.8 Å². The number of sulfone groups is 1. The highest BCUT2D eigenvalue weighted by molar-refractivity contribution is 7.91. The molecule has 2 aromatic rings. The number of nitrogens with one attached hydrogen (secondary N) is 1. The number of hydrogen-bond donors (Lipinski definition) is 1. The Bertz CT molecular complexity index is 861. The zero-order valence-corrected chi connectivity index (χ0v) is 14.2. The summed E-state index contributed by atoms with van der Waals surface area (Å²) in [5, 5.41) is 13.1. The number of hydrogen-bond acceptors (Lipinski definition) is 6. The number of carbonyl (C=O) groups excluding carboxylic acids is 1. The van der Waals surface area contributed by atoms with E-state index in [9.17, 15) is 23.3 Å². The number of amides is 1. The van der Waals surface area contributed by atoms with Gasteiger partial charge in [-0.1, -0.05) is 12.1 Å². The highest BCUT2D eigenvalue weighted by Crippen LogP contribution is 2.16. The van der Waals surface area contributed by atoms with Gasteiger partial charge in [0.15, 0.2) is 9.84 Å². The second-order valence-corrected chi connectivity index (χ2v) is 7.30. The van der Waals surface area contributed by atoms with E-state index in [1.54, 1.807) is 24.3 Å². The van der Waals surface area contributed by atoms with Crippen molar-refractivity contribution < 1.29 is 22.9 Å². The number of anilines is 1. The molecular formula is C16H16N2O6S. The molecule has 0 aromatic heterocycles. The summed E-state index contributed by atoms with van der Waals surface area (Å²) in [6.45, 7) is 0. The Labute approximate surface area is 144 Å². The van der Waals surface area contributed by atoms with Gasteiger partial charge in [0, 0.05) is 17.8 Å². The van der Waals surface area contributed by atoms with Crippen LogP contribution in [-0.2, 0) is 20.4 Å². The van der Waals surface area contributed by atoms with Crippen LogP contribution in [0.2, 0.25) is 0 Å². The average molecular weight is 364 g/mol. The van der Waals surface area contributed by atoms with E-state index in [1.165, 1.54) is 31.4 Å². The zero-order chi connectivity index (χ0) is 18.4. The normalized spacial score (nSPS) is 10.9. The highest BCUT2D eigenvalue weighted by atomic mass is 32.2. The molecule has 2 rings (SSSR count). The topological polar surface area (TPSA) is 116 Å². The minimum Gasteiger partial charge on any atom is -0.497 e. The van der Waals surface area contributed by atoms with Crippen molar-refractivity contribution >= 4 is 27.1 Å². The maximum atomic E-state index is 12.1. The fourth-order valence-electron chi connectivity index (χ4n) is 2.09. The van der Waals surface area contributed by atoms with Gasteiger partial charge >= 0.3 is 0 Å². The van der Waals surface area contributed by atoms with Crippen LogP contribution in [0.1, 0.15) is 5.56 Å². The smallest absolute Gasteiger partial charge is 0.269 e. The van der Waals surface area contributed by atoms with Gasteiger partial charge in [-0.2, -0.15) is 0 Å². The average Bonchev–Trinajstić information content (AvgIpc) is 2.55. The molecule has 1 N–H and O–H groups in total. The summed E-state index contributed by atoms with van der Waals surface area (Å²) < 4.78 is 29.2. The molecule has 132 valence electrons. The second kappa shape index (κ2) is 7.75. The minimum absolute atomic E-state index is 0.126. The predicted octanol–water partition coefficient (Wildman–Crippen LogP) is 2.16. The highest BCUT2D eigenvalue weighted by Gasteiger charge is 2.18. The van der Waals surface area contributed by atoms with Crippen LogP contribution in [0.4, 0.5) is 11.4 Å². The number of ether oxygens (including phenoxy) is 1. The molecule has 9 heteroatoms. The number of methoxy groups -OCH3 is 1. The monoisotopic (exact) mass is 364 g/mol. The molecule has 0 spiro atoms. The Morgan fingerprint density at radius 2 is 1.72 bits per heavy atom. The summed E-state index contributed by atoms with van der Waals surface area (Å²) in [5.41, 5.74) is 0.706. The Morgan fingerprint density at radius 3 is 2.24 bits per heavy atom. The third-order valence-electron chi connectivity index (χ3n) is 3.26. The summed E-state index contributed by atoms with van der Waals surface area (Å²) in [6, 6.07) is 11.6. The standard InChI is InChI=1S/C16H16N2O6S/c1-24-15-8-4-13(5-9-15)17-16(19)11-25(22,23)10-12-2-6-14(7-3-12)18(20)21/h2-9H,10-11H2,1H3,(H,17,19). The van der Waals surface area contributed by atoms with E-state index in [0.29, 0.717) is 17.0 Å². The molecule has 8 nitrogen and oxygen atoms in total. The molecule has 0 atom stereocenters. The molecule has 0 heterocycles. The van der Waals surface area contributed by atoms with Gasteiger partial charge in [-0.25, -0.2) is 8.42 Å². The van der Waals surface area contributed by atoms with Gasteiger partial charge in [-0.15, -0.1) is 0 Å². The maximum Gasteiger partial charge on any atom is 0.269 e. The molecule has 0 saturated carbocycles. The van der Waals surface area contributed by atoms with E-state index < -0.39 is 26.4 Å². The number of carbonyl (C=O) groups is 1. The van der Waals surface area contributed by atoms with E-state index >= 15 is 0 Å². The van der Waals surface area contributed by atoms with Crippen molar-refractivity contribution in [2.75, 3.05) is 18.2 Å². The number of rotatable bonds is 7. The Kier molecular flexibility index (Phi) is 5.71. The Balaban J connectivity index is 1.97. The predicted molar refractivity (Wildman–Crippen MR) is 92.2 cm³/mol. The lowest BCUT2D eigenvalue weighted by Gasteiger charge is -2.07. The summed E-state index contributed by atoms with van der Waals surface area (Å²) in [5.74, 6) is -1.10. The molecule has 0 fully saturated rings. The molecule has 1 amide bonds. The number of nitro groups is 1. The quantitative estimate of drug-likeness (QED) is 0.594. The first kappa shape index (κ1) is 18.4. The molecule has 0 bridgehead atoms. The molecule has 2 aromatic carbocycles. The first-order chi connectivity index (χ1) is 11.8. The summed E-state index contributed by atoms with van der Waals surface area (Å²) in [7, 11) is -2.19. The van der Waals surface area contributed by atoms with Gasteiger partial charge in [-0.3, -0.25) is 14.9 Å². The van der Waals surface area contributed by atoms with Gasteiger partial charge in [-0.05, 0) is 29.8 Å². The van der Waals surface area contributed by atoms with Crippen molar-refractivity contribution in [2.24, 2.45) is 0 Å². The summed E-state index contributed by atoms with van der Waals surface area (Å²) in [6.07, 6.45) is 0. The fourth-order valence-corrected chi connectivity index (χ4v) is 3.36. The van der Waals surface area contributed by atoms with Crippen LogP contribution in [0.15, 0.2) is 48.5 Å². The lowest BCUT2D eigenvalue weighted by molar-refractivity contribution is -0.384. The van der Waals surface area contributed by atoms with Crippen molar-refractivity contribution in [3.8, 4) is 5.75 Å². The number of nitrogens with zero attached hydrogens (tertiary/aromatic N) is 1. The molecule has 0 aliphatic carbocycles. The van der Waals surface area contributed by atoms with Gasteiger partial charge < -0.3 is 10.1 Å². The van der Waals surface area contributed by atoms with E-state index in [4.69, 9.17) is 4.74 Å². The molecule has 25 heavy (non-hydrogen) atoms. The van der Waals surface area contributed by atoms with Crippen LogP contribution in [0.5, 0.6) is 5.75 Å². The molecule has 0 aliphatic heterocycles. The fraction of sp³-hybridized carbons (Fsp3) is 0.188. The Morgan fingerprint density at radius 1 is 1.12 bits per heavy atom. The van der Waals surface area contributed by atoms with Crippen molar-refractivity contribution in [1.29, 1.82) is 0 Å². The lowest BCUT2D eigenvalue weighted by Crippen LogP contribution is -2.23. The lowest BCUT2D eigenvalue weighted by atomic mass is 10.2. The summed E-state index contributed by atoms with van der Waals surface area (Å²) in [4.78, 5) is 21.9. The third-order valence-corrected chi connectivity index (χ3v) is 4.73. The first-order valence-corrected chi connectivity index (χ1v) is 8.99. The minimum atomic E-state index is -3.71. The van der Waals surface area contributed by atoms with E-state index in [-0.39, 0.29) is 11.4 Å². The van der Waals surface area contributed by atoms with Gasteiger partial charge in [0.25, 0.3) is 5.69 Å². The van der Waals surface area contributed by atoms with Crippen molar-refractivity contribution in [2.45, 2.75) is 5.75 Å². The largest absolute Gasteiger partial charge is 0.497 e. The van der Waals surface area contributed by atoms with Crippen molar-refractivity contribution in [3.05, 3.63) is 64.2 Å². The first-order valence-electron chi connectivity index (χ1n) is 7.17. The van der Waals surface area contributed by atoms with Crippen LogP contribution < -0.4 is 10.1 Å². The number of benzene rings is 2. The van der Waals surface area contributed by atoms with E-state index in [1.807, 2.05) is 0 Å². The van der Waals surface area contributed by atoms with Crippen LogP contribution in [0.3, 0.4) is 0 Å². The zero-order valence-electron chi connectivity index (χ0n) is 13.3. The third kappa shape index (κ3) is 5.57. The molecular weight excluding hydrogens is 348 g/mol. The summed E-state index contributed by atoms with van der Waals surface area (Å²) >= 11 is 0. The van der Waals surface area contributed by atoms with Crippen LogP contribution in [0, 0.1) is 10.1 Å². The van der Waals surface area contributed by atoms with E-state index in [2.05, 4.69) is 5.32 Å². The van der Waals surface area contributed by atoms with Crippen LogP contribution in [-0.4, -0.2) is 32.1 Å². The number of nitro benzene ring substituents is 1. The molecule has 0 saturated heterocycles. The Hall–Kier alpha value is -2.94. The van der Waals surface area contributed by atoms with Crippen molar-refractivity contribution in [1.82, 2.24) is 0 Å². The van der Waals surface area contributed by atoms with Crippen LogP contribution in [0.25, 0.3) is 0 Å². The molecule has 0 aliphatic rings. The number of non-ortho nitro benzene ring substituents is 1. The van der Waals surface area contributed by atoms with Gasteiger partial charge in [0.2, 0.25) is 5.91 Å². The molecule has 0 radical (unpaired) electrons. The SMILES string of the molecule is COc1ccc(NC(=O)CS(=O)(=O)Cc2ccc([N+](=O)[O-])cc2)cc1. The maximum absolute atomic E-state index is 12.1. The van der Waals surface area contributed by atoms with Crippen molar-refractivity contribution in [3.63, 3.8) is 0 Å². The van der Waals surface area contributed by atoms with Gasteiger partial charge in [0.1, 0.15) is 11.5 Å². The van der Waals surface area contributed by atoms with E-state index in [0.717, 1.165) is 0 Å². The van der Waals surface area contributed by atoms with Crippen LogP contribution >= 0.6 is 0 Å². The molecule has 0 unspecified atom stereocenters.